The second kappa shape index (κ2) is 7.90. The minimum atomic E-state index is -0.0166. The van der Waals surface area contributed by atoms with Crippen molar-refractivity contribution in [3.05, 3.63) is 29.3 Å². The zero-order valence-electron chi connectivity index (χ0n) is 12.9. The summed E-state index contributed by atoms with van der Waals surface area (Å²) in [6, 6.07) is 5.94. The summed E-state index contributed by atoms with van der Waals surface area (Å²) in [5, 5.41) is 12.3. The van der Waals surface area contributed by atoms with Gasteiger partial charge >= 0.3 is 0 Å². The van der Waals surface area contributed by atoms with Gasteiger partial charge in [0.05, 0.1) is 12.2 Å². The van der Waals surface area contributed by atoms with Crippen molar-refractivity contribution < 1.29 is 9.90 Å². The first-order chi connectivity index (χ1) is 9.58. The standard InChI is InChI=1S/C16H26N2O2/c1-5-13(6-2)18(9-10-19)16(20)14-8-7-12(3)11-15(14)17-4/h7-8,11,13,17,19H,5-6,9-10H2,1-4H3. The molecule has 0 atom stereocenters. The third kappa shape index (κ3) is 3.73. The van der Waals surface area contributed by atoms with Crippen LogP contribution in [0, 0.1) is 6.92 Å². The van der Waals surface area contributed by atoms with Gasteiger partial charge in [-0.25, -0.2) is 0 Å². The van der Waals surface area contributed by atoms with E-state index in [2.05, 4.69) is 19.2 Å². The summed E-state index contributed by atoms with van der Waals surface area (Å²) in [4.78, 5) is 14.5. The normalized spacial score (nSPS) is 10.7. The number of nitrogens with zero attached hydrogens (tertiary/aromatic N) is 1. The van der Waals surface area contributed by atoms with Crippen LogP contribution >= 0.6 is 0 Å². The molecule has 1 amide bonds. The molecule has 4 nitrogen and oxygen atoms in total. The van der Waals surface area contributed by atoms with Crippen LogP contribution in [-0.4, -0.2) is 42.2 Å². The van der Waals surface area contributed by atoms with E-state index < -0.39 is 0 Å². The van der Waals surface area contributed by atoms with Crippen LogP contribution in [0.25, 0.3) is 0 Å². The van der Waals surface area contributed by atoms with E-state index in [-0.39, 0.29) is 18.6 Å². The second-order valence-corrected chi connectivity index (χ2v) is 4.99. The first kappa shape index (κ1) is 16.5. The number of aliphatic hydroxyl groups excluding tert-OH is 1. The second-order valence-electron chi connectivity index (χ2n) is 4.99. The minimum absolute atomic E-state index is 0.0109. The topological polar surface area (TPSA) is 52.6 Å². The zero-order valence-corrected chi connectivity index (χ0v) is 12.9. The highest BCUT2D eigenvalue weighted by Crippen LogP contribution is 2.21. The van der Waals surface area contributed by atoms with Crippen LogP contribution in [0.5, 0.6) is 0 Å². The van der Waals surface area contributed by atoms with Gasteiger partial charge in [-0.1, -0.05) is 19.9 Å². The number of anilines is 1. The molecule has 0 saturated heterocycles. The first-order valence-corrected chi connectivity index (χ1v) is 7.29. The van der Waals surface area contributed by atoms with Gasteiger partial charge in [-0.2, -0.15) is 0 Å². The summed E-state index contributed by atoms with van der Waals surface area (Å²) in [5.41, 5.74) is 2.62. The Bertz CT molecular complexity index is 442. The zero-order chi connectivity index (χ0) is 15.1. The van der Waals surface area contributed by atoms with E-state index >= 15 is 0 Å². The van der Waals surface area contributed by atoms with Gasteiger partial charge in [0.15, 0.2) is 0 Å². The summed E-state index contributed by atoms with van der Waals surface area (Å²) < 4.78 is 0. The molecule has 0 aromatic heterocycles. The molecule has 0 radical (unpaired) electrons. The van der Waals surface area contributed by atoms with E-state index in [4.69, 9.17) is 0 Å². The lowest BCUT2D eigenvalue weighted by Crippen LogP contribution is -2.41. The number of nitrogens with one attached hydrogen (secondary N) is 1. The highest BCUT2D eigenvalue weighted by atomic mass is 16.3. The van der Waals surface area contributed by atoms with Crippen LogP contribution in [0.2, 0.25) is 0 Å². The molecule has 1 aromatic carbocycles. The lowest BCUT2D eigenvalue weighted by Gasteiger charge is -2.30. The monoisotopic (exact) mass is 278 g/mol. The summed E-state index contributed by atoms with van der Waals surface area (Å²) in [6.07, 6.45) is 1.78. The van der Waals surface area contributed by atoms with E-state index in [0.29, 0.717) is 12.1 Å². The fourth-order valence-electron chi connectivity index (χ4n) is 2.49. The van der Waals surface area contributed by atoms with Crippen molar-refractivity contribution in [2.24, 2.45) is 0 Å². The van der Waals surface area contributed by atoms with Crippen LogP contribution in [0.1, 0.15) is 42.6 Å². The van der Waals surface area contributed by atoms with Gasteiger partial charge in [-0.15, -0.1) is 0 Å². The van der Waals surface area contributed by atoms with Crippen molar-refractivity contribution >= 4 is 11.6 Å². The van der Waals surface area contributed by atoms with Crippen LogP contribution in [-0.2, 0) is 0 Å². The quantitative estimate of drug-likeness (QED) is 0.806. The number of aliphatic hydroxyl groups is 1. The molecule has 112 valence electrons. The maximum Gasteiger partial charge on any atom is 0.256 e. The first-order valence-electron chi connectivity index (χ1n) is 7.29. The number of benzene rings is 1. The smallest absolute Gasteiger partial charge is 0.256 e. The maximum atomic E-state index is 12.8. The van der Waals surface area contributed by atoms with Crippen LogP contribution in [0.15, 0.2) is 18.2 Å². The lowest BCUT2D eigenvalue weighted by atomic mass is 10.1. The molecule has 0 saturated carbocycles. The van der Waals surface area contributed by atoms with E-state index in [9.17, 15) is 9.90 Å². The van der Waals surface area contributed by atoms with Gasteiger partial charge in [-0.05, 0) is 37.5 Å². The SMILES string of the molecule is CCC(CC)N(CCO)C(=O)c1ccc(C)cc1NC. The van der Waals surface area contributed by atoms with Gasteiger partial charge in [0, 0.05) is 25.3 Å². The Morgan fingerprint density at radius 2 is 2.00 bits per heavy atom. The summed E-state index contributed by atoms with van der Waals surface area (Å²) >= 11 is 0. The summed E-state index contributed by atoms with van der Waals surface area (Å²) in [7, 11) is 1.82. The number of aryl methyl sites for hydroxylation is 1. The number of hydrogen-bond donors (Lipinski definition) is 2. The molecular weight excluding hydrogens is 252 g/mol. The van der Waals surface area contributed by atoms with Gasteiger partial charge in [0.25, 0.3) is 5.91 Å². The molecule has 4 heteroatoms. The summed E-state index contributed by atoms with van der Waals surface area (Å²) in [5.74, 6) is -0.0166. The Balaban J connectivity index is 3.11. The average molecular weight is 278 g/mol. The van der Waals surface area contributed by atoms with Crippen molar-refractivity contribution in [2.75, 3.05) is 25.5 Å². The van der Waals surface area contributed by atoms with Crippen molar-refractivity contribution in [2.45, 2.75) is 39.7 Å². The number of carbonyl (C=O) groups excluding carboxylic acids is 1. The maximum absolute atomic E-state index is 12.8. The Kier molecular flexibility index (Phi) is 6.52. The van der Waals surface area contributed by atoms with E-state index in [0.717, 1.165) is 24.1 Å². The van der Waals surface area contributed by atoms with Gasteiger partial charge in [-0.3, -0.25) is 4.79 Å². The molecule has 0 unspecified atom stereocenters. The molecular formula is C16H26N2O2. The lowest BCUT2D eigenvalue weighted by molar-refractivity contribution is 0.0623. The van der Waals surface area contributed by atoms with Crippen LogP contribution < -0.4 is 5.32 Å². The molecule has 1 aromatic rings. The van der Waals surface area contributed by atoms with E-state index in [1.165, 1.54) is 0 Å². The average Bonchev–Trinajstić information content (AvgIpc) is 2.46. The number of amides is 1. The predicted octanol–water partition coefficient (Wildman–Crippen LogP) is 2.66. The van der Waals surface area contributed by atoms with Crippen molar-refractivity contribution in [3.8, 4) is 0 Å². The van der Waals surface area contributed by atoms with Crippen molar-refractivity contribution in [3.63, 3.8) is 0 Å². The molecule has 0 fully saturated rings. The van der Waals surface area contributed by atoms with Crippen LogP contribution in [0.3, 0.4) is 0 Å². The molecule has 0 aliphatic carbocycles. The largest absolute Gasteiger partial charge is 0.395 e. The molecule has 0 aliphatic rings. The van der Waals surface area contributed by atoms with Gasteiger partial charge in [0.2, 0.25) is 0 Å². The molecule has 0 spiro atoms. The Labute approximate surface area is 121 Å². The Morgan fingerprint density at radius 3 is 2.50 bits per heavy atom. The minimum Gasteiger partial charge on any atom is -0.395 e. The fraction of sp³-hybridized carbons (Fsp3) is 0.562. The molecule has 0 heterocycles. The van der Waals surface area contributed by atoms with Gasteiger partial charge in [0.1, 0.15) is 0 Å². The molecule has 0 bridgehead atoms. The molecule has 20 heavy (non-hydrogen) atoms. The van der Waals surface area contributed by atoms with E-state index in [1.807, 2.05) is 32.2 Å². The third-order valence-electron chi connectivity index (χ3n) is 3.66. The number of rotatable bonds is 7. The molecule has 1 rings (SSSR count). The number of carbonyl (C=O) groups is 1. The number of hydrogen-bond acceptors (Lipinski definition) is 3. The van der Waals surface area contributed by atoms with Crippen molar-refractivity contribution in [1.29, 1.82) is 0 Å². The van der Waals surface area contributed by atoms with Gasteiger partial charge < -0.3 is 15.3 Å². The third-order valence-corrected chi connectivity index (χ3v) is 3.66. The predicted molar refractivity (Wildman–Crippen MR) is 83.2 cm³/mol. The van der Waals surface area contributed by atoms with E-state index in [1.54, 1.807) is 4.90 Å². The van der Waals surface area contributed by atoms with Crippen LogP contribution in [0.4, 0.5) is 5.69 Å². The van der Waals surface area contributed by atoms with Crippen molar-refractivity contribution in [1.82, 2.24) is 4.90 Å². The molecule has 0 aliphatic heterocycles. The molecule has 2 N–H and O–H groups in total. The highest BCUT2D eigenvalue weighted by Gasteiger charge is 2.23. The Morgan fingerprint density at radius 1 is 1.35 bits per heavy atom. The highest BCUT2D eigenvalue weighted by molar-refractivity contribution is 5.99. The summed E-state index contributed by atoms with van der Waals surface area (Å²) in [6.45, 7) is 6.51. The fourth-order valence-corrected chi connectivity index (χ4v) is 2.49. The Hall–Kier alpha value is -1.55.